The van der Waals surface area contributed by atoms with Gasteiger partial charge in [-0.15, -0.1) is 0 Å². The summed E-state index contributed by atoms with van der Waals surface area (Å²) in [5.41, 5.74) is 1.84. The number of carbonyl (C=O) groups excluding carboxylic acids is 2. The van der Waals surface area contributed by atoms with E-state index in [-0.39, 0.29) is 23.5 Å². The number of pyridine rings is 1. The van der Waals surface area contributed by atoms with Crippen molar-refractivity contribution in [3.05, 3.63) is 95.1 Å². The molecular weight excluding hydrogens is 359 g/mol. The molecule has 7 heteroatoms. The van der Waals surface area contributed by atoms with Crippen molar-refractivity contribution in [2.75, 3.05) is 5.32 Å². The van der Waals surface area contributed by atoms with Crippen LogP contribution in [0.3, 0.4) is 0 Å². The molecule has 0 radical (unpaired) electrons. The Morgan fingerprint density at radius 2 is 1.68 bits per heavy atom. The molecule has 2 aromatic carbocycles. The van der Waals surface area contributed by atoms with Crippen LogP contribution in [0.2, 0.25) is 0 Å². The van der Waals surface area contributed by atoms with Gasteiger partial charge in [0.2, 0.25) is 0 Å². The molecular formula is C21H15FN4O2. The lowest BCUT2D eigenvalue weighted by Crippen LogP contribution is -2.23. The van der Waals surface area contributed by atoms with Crippen LogP contribution in [0.15, 0.2) is 67.0 Å². The van der Waals surface area contributed by atoms with E-state index < -0.39 is 11.8 Å². The molecule has 138 valence electrons. The zero-order valence-electron chi connectivity index (χ0n) is 14.6. The number of nitrogens with zero attached hydrogens (tertiary/aromatic N) is 2. The Kier molecular flexibility index (Phi) is 5.72. The van der Waals surface area contributed by atoms with Gasteiger partial charge in [0, 0.05) is 18.9 Å². The van der Waals surface area contributed by atoms with Gasteiger partial charge in [-0.1, -0.05) is 24.3 Å². The molecule has 28 heavy (non-hydrogen) atoms. The van der Waals surface area contributed by atoms with Crippen LogP contribution in [0.4, 0.5) is 10.1 Å². The molecule has 3 rings (SSSR count). The lowest BCUT2D eigenvalue weighted by molar-refractivity contribution is 0.0950. The molecule has 2 amide bonds. The molecule has 3 aromatic rings. The molecule has 0 bridgehead atoms. The molecule has 0 spiro atoms. The minimum atomic E-state index is -0.483. The summed E-state index contributed by atoms with van der Waals surface area (Å²) in [5.74, 6) is -1.25. The van der Waals surface area contributed by atoms with Crippen LogP contribution in [-0.4, -0.2) is 16.8 Å². The van der Waals surface area contributed by atoms with Gasteiger partial charge in [0.15, 0.2) is 0 Å². The number of hydrogen-bond acceptors (Lipinski definition) is 4. The summed E-state index contributed by atoms with van der Waals surface area (Å²) in [4.78, 5) is 28.7. The van der Waals surface area contributed by atoms with Gasteiger partial charge >= 0.3 is 0 Å². The van der Waals surface area contributed by atoms with Crippen LogP contribution >= 0.6 is 0 Å². The molecule has 1 aromatic heterocycles. The van der Waals surface area contributed by atoms with Crippen molar-refractivity contribution in [3.63, 3.8) is 0 Å². The summed E-state index contributed by atoms with van der Waals surface area (Å²) in [6, 6.07) is 15.8. The lowest BCUT2D eigenvalue weighted by atomic mass is 10.1. The Bertz CT molecular complexity index is 1060. The molecule has 0 atom stereocenters. The maximum absolute atomic E-state index is 12.9. The second-order valence-electron chi connectivity index (χ2n) is 5.88. The van der Waals surface area contributed by atoms with Gasteiger partial charge in [-0.2, -0.15) is 5.26 Å². The molecule has 1 heterocycles. The summed E-state index contributed by atoms with van der Waals surface area (Å²) >= 11 is 0. The number of hydrogen-bond donors (Lipinski definition) is 2. The molecule has 2 N–H and O–H groups in total. The van der Waals surface area contributed by atoms with Gasteiger partial charge in [-0.05, 0) is 35.9 Å². The van der Waals surface area contributed by atoms with Gasteiger partial charge in [-0.3, -0.25) is 14.6 Å². The van der Waals surface area contributed by atoms with Crippen LogP contribution < -0.4 is 10.6 Å². The highest BCUT2D eigenvalue weighted by Crippen LogP contribution is 2.15. The smallest absolute Gasteiger partial charge is 0.257 e. The highest BCUT2D eigenvalue weighted by atomic mass is 19.1. The second-order valence-corrected chi connectivity index (χ2v) is 5.88. The molecule has 0 aliphatic carbocycles. The summed E-state index contributed by atoms with van der Waals surface area (Å²) in [6.07, 6.45) is 2.68. The lowest BCUT2D eigenvalue weighted by Gasteiger charge is -2.08. The molecule has 0 saturated carbocycles. The molecule has 6 nitrogen and oxygen atoms in total. The minimum absolute atomic E-state index is 0.183. The van der Waals surface area contributed by atoms with Gasteiger partial charge in [0.05, 0.1) is 22.4 Å². The van der Waals surface area contributed by atoms with Gasteiger partial charge in [0.1, 0.15) is 11.9 Å². The largest absolute Gasteiger partial charge is 0.348 e. The maximum atomic E-state index is 12.9. The van der Waals surface area contributed by atoms with Crippen LogP contribution in [0.5, 0.6) is 0 Å². The van der Waals surface area contributed by atoms with E-state index in [0.29, 0.717) is 11.3 Å². The Morgan fingerprint density at radius 1 is 1.00 bits per heavy atom. The van der Waals surface area contributed by atoms with E-state index >= 15 is 0 Å². The zero-order chi connectivity index (χ0) is 19.9. The standard InChI is InChI=1S/C21H15FN4O2/c22-18-7-5-14(6-8-18)11-25-20(27)16-9-17(13-24-12-16)21(28)26-19-4-2-1-3-15(19)10-23/h1-9,12-13H,11H2,(H,25,27)(H,26,28). The summed E-state index contributed by atoms with van der Waals surface area (Å²) in [7, 11) is 0. The van der Waals surface area contributed by atoms with E-state index in [0.717, 1.165) is 5.56 Å². The average Bonchev–Trinajstić information content (AvgIpc) is 2.73. The average molecular weight is 374 g/mol. The van der Waals surface area contributed by atoms with Crippen molar-refractivity contribution < 1.29 is 14.0 Å². The van der Waals surface area contributed by atoms with Crippen molar-refractivity contribution in [2.24, 2.45) is 0 Å². The van der Waals surface area contributed by atoms with E-state index in [1.165, 1.54) is 30.6 Å². The normalized spacial score (nSPS) is 10.0. The molecule has 0 unspecified atom stereocenters. The van der Waals surface area contributed by atoms with E-state index in [9.17, 15) is 14.0 Å². The van der Waals surface area contributed by atoms with Gasteiger partial charge in [0.25, 0.3) is 11.8 Å². The summed E-state index contributed by atoms with van der Waals surface area (Å²) in [5, 5.41) is 14.4. The van der Waals surface area contributed by atoms with Crippen molar-refractivity contribution in [2.45, 2.75) is 6.54 Å². The van der Waals surface area contributed by atoms with E-state index in [4.69, 9.17) is 5.26 Å². The number of carbonyl (C=O) groups is 2. The van der Waals surface area contributed by atoms with E-state index in [1.54, 1.807) is 36.4 Å². The number of para-hydroxylation sites is 1. The first-order chi connectivity index (χ1) is 13.6. The second kappa shape index (κ2) is 8.56. The number of anilines is 1. The van der Waals surface area contributed by atoms with Crippen LogP contribution in [0, 0.1) is 17.1 Å². The first-order valence-corrected chi connectivity index (χ1v) is 8.35. The van der Waals surface area contributed by atoms with Crippen molar-refractivity contribution >= 4 is 17.5 Å². The topological polar surface area (TPSA) is 94.9 Å². The number of nitrogens with one attached hydrogen (secondary N) is 2. The minimum Gasteiger partial charge on any atom is -0.348 e. The van der Waals surface area contributed by atoms with Gasteiger partial charge < -0.3 is 10.6 Å². The number of nitriles is 1. The fourth-order valence-electron chi connectivity index (χ4n) is 2.46. The highest BCUT2D eigenvalue weighted by Gasteiger charge is 2.13. The molecule has 0 aliphatic heterocycles. The fraction of sp³-hybridized carbons (Fsp3) is 0.0476. The van der Waals surface area contributed by atoms with Crippen molar-refractivity contribution in [3.8, 4) is 6.07 Å². The first-order valence-electron chi connectivity index (χ1n) is 8.35. The highest BCUT2D eigenvalue weighted by molar-refractivity contribution is 6.06. The molecule has 0 saturated heterocycles. The number of aromatic nitrogens is 1. The Balaban J connectivity index is 1.69. The third-order valence-electron chi connectivity index (χ3n) is 3.92. The Morgan fingerprint density at radius 3 is 2.39 bits per heavy atom. The predicted molar refractivity (Wildman–Crippen MR) is 101 cm³/mol. The predicted octanol–water partition coefficient (Wildman–Crippen LogP) is 3.27. The van der Waals surface area contributed by atoms with Gasteiger partial charge in [-0.25, -0.2) is 4.39 Å². The van der Waals surface area contributed by atoms with Crippen molar-refractivity contribution in [1.29, 1.82) is 5.26 Å². The quantitative estimate of drug-likeness (QED) is 0.716. The van der Waals surface area contributed by atoms with E-state index in [1.807, 2.05) is 6.07 Å². The van der Waals surface area contributed by atoms with Crippen LogP contribution in [0.25, 0.3) is 0 Å². The summed E-state index contributed by atoms with van der Waals surface area (Å²) in [6.45, 7) is 0.213. The zero-order valence-corrected chi connectivity index (χ0v) is 14.6. The molecule has 0 aliphatic rings. The Hall–Kier alpha value is -4.05. The maximum Gasteiger partial charge on any atom is 0.257 e. The monoisotopic (exact) mass is 374 g/mol. The third kappa shape index (κ3) is 4.56. The number of benzene rings is 2. The fourth-order valence-corrected chi connectivity index (χ4v) is 2.46. The van der Waals surface area contributed by atoms with E-state index in [2.05, 4.69) is 15.6 Å². The Labute approximate surface area is 160 Å². The number of halogens is 1. The van der Waals surface area contributed by atoms with Crippen LogP contribution in [0.1, 0.15) is 31.8 Å². The number of rotatable bonds is 5. The SMILES string of the molecule is N#Cc1ccccc1NC(=O)c1cncc(C(=O)NCc2ccc(F)cc2)c1. The third-order valence-corrected chi connectivity index (χ3v) is 3.92. The first kappa shape index (κ1) is 18.7. The number of amides is 2. The summed E-state index contributed by atoms with van der Waals surface area (Å²) < 4.78 is 12.9. The molecule has 0 fully saturated rings. The van der Waals surface area contributed by atoms with Crippen LogP contribution in [-0.2, 0) is 6.54 Å². The van der Waals surface area contributed by atoms with Crippen molar-refractivity contribution in [1.82, 2.24) is 10.3 Å².